The molecule has 0 spiro atoms. The molecule has 0 fully saturated rings. The molecule has 6 rings (SSSR count). The Bertz CT molecular complexity index is 1420. The number of aromatic hydroxyl groups is 1. The first-order chi connectivity index (χ1) is 14.6. The van der Waals surface area contributed by atoms with Crippen molar-refractivity contribution < 1.29 is 38.8 Å². The van der Waals surface area contributed by atoms with Gasteiger partial charge >= 0.3 is 30.8 Å². The minimum absolute atomic E-state index is 0. The van der Waals surface area contributed by atoms with Crippen LogP contribution in [0.15, 0.2) is 66.9 Å². The largest absolute Gasteiger partial charge is 2.00 e. The van der Waals surface area contributed by atoms with E-state index in [1.807, 2.05) is 30.3 Å². The number of nitrogens with zero attached hydrogens (tertiary/aromatic N) is 2. The predicted molar refractivity (Wildman–Crippen MR) is 110 cm³/mol. The van der Waals surface area contributed by atoms with E-state index < -0.39 is 11.8 Å². The molecule has 0 saturated heterocycles. The summed E-state index contributed by atoms with van der Waals surface area (Å²) in [6, 6.07) is 18.3. The number of hydrogen-bond donors (Lipinski definition) is 2. The number of benzene rings is 2. The van der Waals surface area contributed by atoms with Crippen LogP contribution in [0.4, 0.5) is 0 Å². The molecule has 1 aliphatic rings. The number of rotatable bonds is 0. The van der Waals surface area contributed by atoms with Gasteiger partial charge in [0.1, 0.15) is 5.75 Å². The van der Waals surface area contributed by atoms with E-state index in [4.69, 9.17) is 4.65 Å². The molecule has 0 bridgehead atoms. The van der Waals surface area contributed by atoms with Crippen LogP contribution in [0.1, 0.15) is 20.7 Å². The van der Waals surface area contributed by atoms with Gasteiger partial charge in [0.25, 0.3) is 11.8 Å². The summed E-state index contributed by atoms with van der Waals surface area (Å²) in [6.45, 7) is 4.50. The standard InChI is InChI=1S/C17H9N3O3.C5H5.CO.Ru/c21-7-3-4-10-9(6-7)11-13-12(16(22)20-17(13)23)8-2-1-5-18-14(8)15(11)19-10;1-2-4-5-3-1;1-2;/h1-6H,(H3,18,19,20,21,22,23);1-5H;;/q;-1;;+2/p-1. The number of hydrogen-bond acceptors (Lipinski definition) is 4. The predicted octanol–water partition coefficient (Wildman–Crippen LogP) is 3.45. The fourth-order valence-electron chi connectivity index (χ4n) is 3.62. The Labute approximate surface area is 188 Å². The summed E-state index contributed by atoms with van der Waals surface area (Å²) in [6.07, 6.45) is 1.62. The normalized spacial score (nSPS) is 11.7. The molecule has 31 heavy (non-hydrogen) atoms. The van der Waals surface area contributed by atoms with Crippen LogP contribution in [0.3, 0.4) is 0 Å². The first-order valence-electron chi connectivity index (χ1n) is 8.88. The van der Waals surface area contributed by atoms with Crippen LogP contribution < -0.4 is 10.3 Å². The second kappa shape index (κ2) is 8.98. The Kier molecular flexibility index (Phi) is 6.37. The van der Waals surface area contributed by atoms with Gasteiger partial charge in [-0.3, -0.25) is 14.9 Å². The second-order valence-electron chi connectivity index (χ2n) is 6.43. The fraction of sp³-hybridized carbons (Fsp3) is 0. The van der Waals surface area contributed by atoms with E-state index in [1.165, 1.54) is 6.07 Å². The Hall–Kier alpha value is -3.70. The van der Waals surface area contributed by atoms with Crippen LogP contribution in [-0.4, -0.2) is 21.9 Å². The van der Waals surface area contributed by atoms with Crippen molar-refractivity contribution in [3.8, 4) is 5.75 Å². The number of aromatic nitrogens is 2. The Balaban J connectivity index is 0.000000297. The summed E-state index contributed by atoms with van der Waals surface area (Å²) < 4.78 is 7.50. The van der Waals surface area contributed by atoms with Crippen molar-refractivity contribution in [3.63, 3.8) is 0 Å². The Morgan fingerprint density at radius 1 is 1.00 bits per heavy atom. The maximum atomic E-state index is 12.3. The molecule has 3 aromatic carbocycles. The molecule has 0 atom stereocenters. The number of carbonyl (C=O) groups excluding carboxylic acids is 2. The number of amides is 2. The van der Waals surface area contributed by atoms with Crippen molar-refractivity contribution in [1.29, 1.82) is 0 Å². The van der Waals surface area contributed by atoms with E-state index in [2.05, 4.69) is 21.9 Å². The maximum absolute atomic E-state index is 12.3. The Morgan fingerprint density at radius 2 is 1.71 bits per heavy atom. The summed E-state index contributed by atoms with van der Waals surface area (Å²) >= 11 is 0. The first kappa shape index (κ1) is 22.0. The van der Waals surface area contributed by atoms with E-state index in [0.29, 0.717) is 43.8 Å². The van der Waals surface area contributed by atoms with E-state index in [0.717, 1.165) is 0 Å². The number of pyridine rings is 1. The zero-order chi connectivity index (χ0) is 21.3. The Morgan fingerprint density at radius 3 is 2.39 bits per heavy atom. The van der Waals surface area contributed by atoms with Crippen LogP contribution in [0.2, 0.25) is 0 Å². The number of nitrogens with one attached hydrogen (secondary N) is 1. The van der Waals surface area contributed by atoms with Crippen molar-refractivity contribution in [1.82, 2.24) is 15.3 Å². The number of phenolic OH excluding ortho intramolecular Hbond substituents is 1. The van der Waals surface area contributed by atoms with Gasteiger partial charge in [-0.2, -0.15) is 24.4 Å². The van der Waals surface area contributed by atoms with Crippen molar-refractivity contribution in [2.75, 3.05) is 0 Å². The van der Waals surface area contributed by atoms with E-state index in [9.17, 15) is 14.7 Å². The van der Waals surface area contributed by atoms with Gasteiger partial charge in [0, 0.05) is 10.8 Å². The molecule has 1 aliphatic heterocycles. The van der Waals surface area contributed by atoms with Gasteiger partial charge in [-0.15, -0.1) is 5.52 Å². The molecule has 2 aromatic heterocycles. The molecule has 0 aliphatic carbocycles. The number of fused-ring (bicyclic) bond motifs is 8. The van der Waals surface area contributed by atoms with Gasteiger partial charge in [-0.05, 0) is 23.6 Å². The van der Waals surface area contributed by atoms with Crippen molar-refractivity contribution in [3.05, 3.63) is 84.6 Å². The zero-order valence-corrected chi connectivity index (χ0v) is 17.5. The van der Waals surface area contributed by atoms with E-state index in [1.54, 1.807) is 30.5 Å². The topological polar surface area (TPSA) is 113 Å². The van der Waals surface area contributed by atoms with E-state index in [-0.39, 0.29) is 25.2 Å². The van der Waals surface area contributed by atoms with Crippen molar-refractivity contribution in [2.45, 2.75) is 0 Å². The third-order valence-electron chi connectivity index (χ3n) is 4.76. The fourth-order valence-corrected chi connectivity index (χ4v) is 3.62. The molecule has 8 heteroatoms. The van der Waals surface area contributed by atoms with Crippen LogP contribution in [0.5, 0.6) is 5.75 Å². The van der Waals surface area contributed by atoms with Crippen LogP contribution >= 0.6 is 0 Å². The minimum atomic E-state index is -0.446. The SMILES string of the molecule is O=C1NC(=O)c2c1c1ccc[n-]c1c1nc3ccc(O)cc3c21.[C-]#[O+].[Ru+2].c1cc[cH-]c1. The molecule has 0 saturated carbocycles. The first-order valence-corrected chi connectivity index (χ1v) is 8.88. The molecule has 3 heterocycles. The number of imide groups is 1. The van der Waals surface area contributed by atoms with E-state index >= 15 is 0 Å². The van der Waals surface area contributed by atoms with Gasteiger partial charge in [-0.1, -0.05) is 12.1 Å². The molecular weight excluding hydrogens is 483 g/mol. The summed E-state index contributed by atoms with van der Waals surface area (Å²) in [5.41, 5.74) is 2.40. The van der Waals surface area contributed by atoms with Gasteiger partial charge < -0.3 is 10.1 Å². The van der Waals surface area contributed by atoms with Gasteiger partial charge in [-0.25, -0.2) is 17.1 Å². The van der Waals surface area contributed by atoms with Crippen molar-refractivity contribution in [2.24, 2.45) is 0 Å². The smallest absolute Gasteiger partial charge is 0.214 e. The van der Waals surface area contributed by atoms with Gasteiger partial charge in [0.05, 0.1) is 22.2 Å². The molecule has 152 valence electrons. The minimum Gasteiger partial charge on any atom is -0.214 e. The summed E-state index contributed by atoms with van der Waals surface area (Å²) in [7, 11) is 0. The number of carbonyl (C=O) groups is 2. The molecule has 7 nitrogen and oxygen atoms in total. The van der Waals surface area contributed by atoms with Crippen LogP contribution in [0, 0.1) is 6.65 Å². The van der Waals surface area contributed by atoms with Gasteiger partial charge in [0.2, 0.25) is 0 Å². The number of phenols is 1. The molecule has 2 amide bonds. The quantitative estimate of drug-likeness (QED) is 0.148. The molecular formula is C23H13N3O4Ru. The molecule has 0 unspecified atom stereocenters. The second-order valence-corrected chi connectivity index (χ2v) is 6.43. The average molecular weight is 496 g/mol. The monoisotopic (exact) mass is 497 g/mol. The third kappa shape index (κ3) is 3.64. The van der Waals surface area contributed by atoms with Crippen LogP contribution in [-0.2, 0) is 24.1 Å². The maximum Gasteiger partial charge on any atom is 2.00 e. The van der Waals surface area contributed by atoms with Crippen LogP contribution in [0.25, 0.3) is 32.7 Å². The zero-order valence-electron chi connectivity index (χ0n) is 15.8. The summed E-state index contributed by atoms with van der Waals surface area (Å²) in [5.74, 6) is -0.802. The summed E-state index contributed by atoms with van der Waals surface area (Å²) in [5, 5.41) is 13.9. The van der Waals surface area contributed by atoms with Gasteiger partial charge in [0.15, 0.2) is 0 Å². The molecule has 2 N–H and O–H groups in total. The summed E-state index contributed by atoms with van der Waals surface area (Å²) in [4.78, 5) is 33.5. The third-order valence-corrected chi connectivity index (χ3v) is 4.76. The van der Waals surface area contributed by atoms with Crippen molar-refractivity contribution >= 4 is 44.5 Å². The average Bonchev–Trinajstić information content (AvgIpc) is 3.50. The molecule has 0 radical (unpaired) electrons. The molecule has 5 aromatic rings.